The molecule has 0 bridgehead atoms. The predicted octanol–water partition coefficient (Wildman–Crippen LogP) is 1.98. The van der Waals surface area contributed by atoms with Gasteiger partial charge in [-0.2, -0.15) is 0 Å². The summed E-state index contributed by atoms with van der Waals surface area (Å²) in [6.45, 7) is 0.387. The van der Waals surface area contributed by atoms with Crippen molar-refractivity contribution in [1.29, 1.82) is 0 Å². The Morgan fingerprint density at radius 1 is 1.24 bits per heavy atom. The Hall–Kier alpha value is -1.75. The number of hydrogen-bond donors (Lipinski definition) is 2. The minimum absolute atomic E-state index is 0.0768. The van der Waals surface area contributed by atoms with Crippen LogP contribution >= 0.6 is 0 Å². The monoisotopic (exact) mass is 292 g/mol. The van der Waals surface area contributed by atoms with Crippen LogP contribution in [-0.2, 0) is 11.3 Å². The topological polar surface area (TPSA) is 73.6 Å². The third-order valence-corrected chi connectivity index (χ3v) is 4.12. The van der Waals surface area contributed by atoms with E-state index < -0.39 is 5.54 Å². The fourth-order valence-electron chi connectivity index (χ4n) is 2.78. The molecule has 0 atom stereocenters. The van der Waals surface area contributed by atoms with E-state index in [4.69, 9.17) is 15.2 Å². The van der Waals surface area contributed by atoms with Crippen molar-refractivity contribution in [2.75, 3.05) is 14.2 Å². The molecule has 0 heterocycles. The van der Waals surface area contributed by atoms with Crippen LogP contribution in [0.5, 0.6) is 11.5 Å². The van der Waals surface area contributed by atoms with Crippen molar-refractivity contribution in [3.63, 3.8) is 0 Å². The summed E-state index contributed by atoms with van der Waals surface area (Å²) in [5, 5.41) is 2.94. The maximum Gasteiger partial charge on any atom is 0.240 e. The van der Waals surface area contributed by atoms with Gasteiger partial charge in [0.05, 0.1) is 19.8 Å². The summed E-state index contributed by atoms with van der Waals surface area (Å²) in [4.78, 5) is 12.3. The maximum atomic E-state index is 12.3. The molecule has 1 fully saturated rings. The quantitative estimate of drug-likeness (QED) is 0.870. The van der Waals surface area contributed by atoms with Crippen LogP contribution in [0, 0.1) is 0 Å². The molecular weight excluding hydrogens is 268 g/mol. The molecule has 21 heavy (non-hydrogen) atoms. The van der Waals surface area contributed by atoms with E-state index in [0.29, 0.717) is 6.54 Å². The first kappa shape index (κ1) is 15.6. The van der Waals surface area contributed by atoms with Gasteiger partial charge in [0, 0.05) is 12.1 Å². The van der Waals surface area contributed by atoms with Crippen LogP contribution in [-0.4, -0.2) is 25.7 Å². The molecule has 1 aromatic rings. The number of benzene rings is 1. The predicted molar refractivity (Wildman–Crippen MR) is 81.4 cm³/mol. The van der Waals surface area contributed by atoms with Gasteiger partial charge >= 0.3 is 0 Å². The first-order chi connectivity index (χ1) is 10.1. The van der Waals surface area contributed by atoms with Gasteiger partial charge < -0.3 is 20.5 Å². The Labute approximate surface area is 125 Å². The molecule has 0 unspecified atom stereocenters. The molecule has 1 aliphatic carbocycles. The number of methoxy groups -OCH3 is 2. The summed E-state index contributed by atoms with van der Waals surface area (Å²) < 4.78 is 10.5. The van der Waals surface area contributed by atoms with Gasteiger partial charge in [-0.15, -0.1) is 0 Å². The molecule has 0 radical (unpaired) electrons. The molecule has 1 aromatic carbocycles. The van der Waals surface area contributed by atoms with Crippen molar-refractivity contribution in [3.05, 3.63) is 23.8 Å². The van der Waals surface area contributed by atoms with Gasteiger partial charge in [0.2, 0.25) is 5.91 Å². The molecule has 0 spiro atoms. The fourth-order valence-corrected chi connectivity index (χ4v) is 2.78. The average Bonchev–Trinajstić information content (AvgIpc) is 2.52. The Bertz CT molecular complexity index is 496. The Morgan fingerprint density at radius 3 is 2.57 bits per heavy atom. The van der Waals surface area contributed by atoms with Crippen molar-refractivity contribution in [3.8, 4) is 11.5 Å². The van der Waals surface area contributed by atoms with Gasteiger partial charge in [0.15, 0.2) is 0 Å². The highest BCUT2D eigenvalue weighted by Crippen LogP contribution is 2.27. The van der Waals surface area contributed by atoms with Crippen molar-refractivity contribution in [2.24, 2.45) is 5.73 Å². The van der Waals surface area contributed by atoms with Crippen LogP contribution in [0.4, 0.5) is 0 Å². The highest BCUT2D eigenvalue weighted by molar-refractivity contribution is 5.86. The Morgan fingerprint density at radius 2 is 1.95 bits per heavy atom. The average molecular weight is 292 g/mol. The van der Waals surface area contributed by atoms with Crippen molar-refractivity contribution in [2.45, 2.75) is 44.2 Å². The molecule has 5 nitrogen and oxygen atoms in total. The van der Waals surface area contributed by atoms with E-state index in [-0.39, 0.29) is 5.91 Å². The highest BCUT2D eigenvalue weighted by atomic mass is 16.5. The molecule has 0 aromatic heterocycles. The third kappa shape index (κ3) is 3.67. The van der Waals surface area contributed by atoms with Crippen molar-refractivity contribution >= 4 is 5.91 Å². The van der Waals surface area contributed by atoms with E-state index in [1.54, 1.807) is 14.2 Å². The standard InChI is InChI=1S/C16H24N2O3/c1-20-13-6-7-14(21-2)12(10-13)11-18-15(19)16(17)8-4-3-5-9-16/h6-7,10H,3-5,8-9,11,17H2,1-2H3,(H,18,19). The van der Waals surface area contributed by atoms with Gasteiger partial charge in [-0.05, 0) is 31.0 Å². The van der Waals surface area contributed by atoms with Crippen LogP contribution in [0.1, 0.15) is 37.7 Å². The molecule has 1 aliphatic rings. The van der Waals surface area contributed by atoms with Crippen LogP contribution < -0.4 is 20.5 Å². The van der Waals surface area contributed by atoms with Gasteiger partial charge in [0.1, 0.15) is 11.5 Å². The molecule has 116 valence electrons. The lowest BCUT2D eigenvalue weighted by Gasteiger charge is -2.31. The number of carbonyl (C=O) groups excluding carboxylic acids is 1. The lowest BCUT2D eigenvalue weighted by molar-refractivity contribution is -0.127. The van der Waals surface area contributed by atoms with E-state index in [0.717, 1.165) is 49.2 Å². The van der Waals surface area contributed by atoms with E-state index in [9.17, 15) is 4.79 Å². The molecule has 3 N–H and O–H groups in total. The number of nitrogens with one attached hydrogen (secondary N) is 1. The molecule has 2 rings (SSSR count). The summed E-state index contributed by atoms with van der Waals surface area (Å²) >= 11 is 0. The second kappa shape index (κ2) is 6.80. The summed E-state index contributed by atoms with van der Waals surface area (Å²) in [6.07, 6.45) is 4.72. The summed E-state index contributed by atoms with van der Waals surface area (Å²) in [7, 11) is 3.22. The molecule has 5 heteroatoms. The smallest absolute Gasteiger partial charge is 0.240 e. The van der Waals surface area contributed by atoms with E-state index in [1.807, 2.05) is 18.2 Å². The van der Waals surface area contributed by atoms with Gasteiger partial charge in [-0.25, -0.2) is 0 Å². The fraction of sp³-hybridized carbons (Fsp3) is 0.562. The first-order valence-electron chi connectivity index (χ1n) is 7.37. The van der Waals surface area contributed by atoms with Crippen molar-refractivity contribution in [1.82, 2.24) is 5.32 Å². The Kier molecular flexibility index (Phi) is 5.07. The summed E-state index contributed by atoms with van der Waals surface area (Å²) in [5.41, 5.74) is 6.39. The second-order valence-corrected chi connectivity index (χ2v) is 5.58. The third-order valence-electron chi connectivity index (χ3n) is 4.12. The number of rotatable bonds is 5. The van der Waals surface area contributed by atoms with E-state index in [2.05, 4.69) is 5.32 Å². The molecule has 0 aliphatic heterocycles. The van der Waals surface area contributed by atoms with Crippen LogP contribution in [0.15, 0.2) is 18.2 Å². The molecular formula is C16H24N2O3. The summed E-state index contributed by atoms with van der Waals surface area (Å²) in [5.74, 6) is 1.39. The number of amides is 1. The molecule has 1 amide bonds. The zero-order chi connectivity index (χ0) is 15.3. The van der Waals surface area contributed by atoms with Crippen LogP contribution in [0.2, 0.25) is 0 Å². The number of ether oxygens (including phenoxy) is 2. The highest BCUT2D eigenvalue weighted by Gasteiger charge is 2.35. The number of hydrogen-bond acceptors (Lipinski definition) is 4. The lowest BCUT2D eigenvalue weighted by Crippen LogP contribution is -2.54. The first-order valence-corrected chi connectivity index (χ1v) is 7.37. The molecule has 1 saturated carbocycles. The minimum Gasteiger partial charge on any atom is -0.497 e. The SMILES string of the molecule is COc1ccc(OC)c(CNC(=O)C2(N)CCCCC2)c1. The van der Waals surface area contributed by atoms with Crippen LogP contribution in [0.3, 0.4) is 0 Å². The second-order valence-electron chi connectivity index (χ2n) is 5.58. The van der Waals surface area contributed by atoms with E-state index in [1.165, 1.54) is 0 Å². The zero-order valence-corrected chi connectivity index (χ0v) is 12.8. The van der Waals surface area contributed by atoms with Gasteiger partial charge in [0.25, 0.3) is 0 Å². The van der Waals surface area contributed by atoms with Crippen molar-refractivity contribution < 1.29 is 14.3 Å². The normalized spacial score (nSPS) is 17.1. The largest absolute Gasteiger partial charge is 0.497 e. The minimum atomic E-state index is -0.718. The number of carbonyl (C=O) groups is 1. The van der Waals surface area contributed by atoms with Gasteiger partial charge in [-0.1, -0.05) is 19.3 Å². The van der Waals surface area contributed by atoms with Crippen LogP contribution in [0.25, 0.3) is 0 Å². The lowest BCUT2D eigenvalue weighted by atomic mass is 9.82. The molecule has 0 saturated heterocycles. The summed E-state index contributed by atoms with van der Waals surface area (Å²) in [6, 6.07) is 5.53. The Balaban J connectivity index is 2.03. The number of nitrogens with two attached hydrogens (primary N) is 1. The zero-order valence-electron chi connectivity index (χ0n) is 12.8. The van der Waals surface area contributed by atoms with Gasteiger partial charge in [-0.3, -0.25) is 4.79 Å². The maximum absolute atomic E-state index is 12.3. The van der Waals surface area contributed by atoms with E-state index >= 15 is 0 Å².